The molecular weight excluding hydrogens is 330 g/mol. The van der Waals surface area contributed by atoms with Crippen molar-refractivity contribution in [1.29, 1.82) is 0 Å². The second kappa shape index (κ2) is 9.64. The molecule has 0 aromatic carbocycles. The van der Waals surface area contributed by atoms with E-state index in [-0.39, 0.29) is 10.6 Å². The molecule has 0 atom stereocenters. The average molecular weight is 358 g/mol. The Kier molecular flexibility index (Phi) is 8.21. The number of likely N-dealkylation sites (N-methyl/N-ethyl adjacent to an activating group) is 1. The molecule has 7 nitrogen and oxygen atoms in total. The van der Waals surface area contributed by atoms with Crippen molar-refractivity contribution in [2.45, 2.75) is 34.6 Å². The molecule has 8 heteroatoms. The highest BCUT2D eigenvalue weighted by Gasteiger charge is 2.38. The molecule has 2 heterocycles. The lowest BCUT2D eigenvalue weighted by Gasteiger charge is -2.34. The average Bonchev–Trinajstić information content (AvgIpc) is 2.96. The first-order valence-electron chi connectivity index (χ1n) is 8.37. The van der Waals surface area contributed by atoms with Gasteiger partial charge in [-0.3, -0.25) is 15.0 Å². The van der Waals surface area contributed by atoms with Crippen LogP contribution in [0.25, 0.3) is 0 Å². The number of rotatable bonds is 5. The Morgan fingerprint density at radius 2 is 2.04 bits per heavy atom. The van der Waals surface area contributed by atoms with E-state index in [1.807, 2.05) is 27.7 Å². The van der Waals surface area contributed by atoms with Crippen molar-refractivity contribution in [2.24, 2.45) is 4.99 Å². The molecule has 0 aliphatic carbocycles. The number of fused-ring (bicyclic) bond motifs is 1. The summed E-state index contributed by atoms with van der Waals surface area (Å²) in [6.45, 7) is 13.9. The van der Waals surface area contributed by atoms with Crippen molar-refractivity contribution in [3.63, 3.8) is 0 Å². The lowest BCUT2D eigenvalue weighted by molar-refractivity contribution is -0.433. The van der Waals surface area contributed by atoms with Crippen molar-refractivity contribution in [3.05, 3.63) is 33.4 Å². The van der Waals surface area contributed by atoms with E-state index in [4.69, 9.17) is 11.6 Å². The summed E-state index contributed by atoms with van der Waals surface area (Å²) in [6, 6.07) is 0. The second-order valence-corrected chi connectivity index (χ2v) is 6.15. The highest BCUT2D eigenvalue weighted by atomic mass is 35.5. The van der Waals surface area contributed by atoms with Crippen LogP contribution in [-0.2, 0) is 0 Å². The minimum atomic E-state index is -0.247. The second-order valence-electron chi connectivity index (χ2n) is 5.60. The maximum atomic E-state index is 11.4. The number of hydrogen-bond acceptors (Lipinski definition) is 6. The summed E-state index contributed by atoms with van der Waals surface area (Å²) in [6.07, 6.45) is 1.72. The summed E-state index contributed by atoms with van der Waals surface area (Å²) < 4.78 is 0. The first-order chi connectivity index (χ1) is 11.4. The largest absolute Gasteiger partial charge is 0.347 e. The molecule has 2 aliphatic heterocycles. The van der Waals surface area contributed by atoms with Crippen LogP contribution in [0.15, 0.2) is 28.3 Å². The third kappa shape index (κ3) is 5.21. The molecule has 0 aromatic rings. The summed E-state index contributed by atoms with van der Waals surface area (Å²) in [5.74, 6) is 0.758. The van der Waals surface area contributed by atoms with Gasteiger partial charge in [0.25, 0.3) is 5.70 Å². The monoisotopic (exact) mass is 357 g/mol. The van der Waals surface area contributed by atoms with Gasteiger partial charge in [0, 0.05) is 25.8 Å². The Morgan fingerprint density at radius 3 is 2.58 bits per heavy atom. The predicted octanol–water partition coefficient (Wildman–Crippen LogP) is 2.93. The zero-order chi connectivity index (χ0) is 18.3. The van der Waals surface area contributed by atoms with Crippen LogP contribution in [0.2, 0.25) is 0 Å². The lowest BCUT2D eigenvalue weighted by atomic mass is 10.2. The molecule has 0 radical (unpaired) electrons. The molecule has 136 valence electrons. The standard InChI is InChI=1S/C14H22ClN5O2.C2H6/c1-4-17-9-13(20(21)22)14-18(5-6-19(14)10-17)8-11(2)7-16-12(3)15;1-2/h7H,4-6,8-10H2,1-3H3;1-2H3/b11-7+,16-12?;. The summed E-state index contributed by atoms with van der Waals surface area (Å²) in [5.41, 5.74) is 1.31. The highest BCUT2D eigenvalue weighted by molar-refractivity contribution is 6.64. The molecule has 1 fully saturated rings. The molecule has 0 spiro atoms. The van der Waals surface area contributed by atoms with E-state index in [9.17, 15) is 10.1 Å². The van der Waals surface area contributed by atoms with Gasteiger partial charge in [-0.1, -0.05) is 32.4 Å². The van der Waals surface area contributed by atoms with Crippen LogP contribution in [-0.4, -0.2) is 64.2 Å². The van der Waals surface area contributed by atoms with E-state index >= 15 is 0 Å². The third-order valence-electron chi connectivity index (χ3n) is 3.81. The van der Waals surface area contributed by atoms with Gasteiger partial charge in [-0.25, -0.2) is 4.99 Å². The van der Waals surface area contributed by atoms with Crippen LogP contribution >= 0.6 is 11.6 Å². The van der Waals surface area contributed by atoms with Crippen LogP contribution in [0.3, 0.4) is 0 Å². The minimum absolute atomic E-state index is 0.247. The molecule has 2 rings (SSSR count). The Bertz CT molecular complexity index is 541. The smallest absolute Gasteiger partial charge is 0.300 e. The molecule has 0 unspecified atom stereocenters. The Morgan fingerprint density at radius 1 is 1.38 bits per heavy atom. The molecule has 0 saturated carbocycles. The van der Waals surface area contributed by atoms with Crippen LogP contribution in [0.1, 0.15) is 34.6 Å². The van der Waals surface area contributed by atoms with Gasteiger partial charge in [0.2, 0.25) is 0 Å². The van der Waals surface area contributed by atoms with Gasteiger partial charge in [0.15, 0.2) is 5.82 Å². The lowest BCUT2D eigenvalue weighted by Crippen LogP contribution is -2.45. The molecule has 0 N–H and O–H groups in total. The van der Waals surface area contributed by atoms with E-state index < -0.39 is 0 Å². The van der Waals surface area contributed by atoms with Crippen molar-refractivity contribution in [3.8, 4) is 0 Å². The zero-order valence-electron chi connectivity index (χ0n) is 15.3. The van der Waals surface area contributed by atoms with Crippen molar-refractivity contribution in [2.75, 3.05) is 39.4 Å². The Labute approximate surface area is 149 Å². The van der Waals surface area contributed by atoms with Crippen molar-refractivity contribution < 1.29 is 4.92 Å². The van der Waals surface area contributed by atoms with Crippen LogP contribution in [0.4, 0.5) is 0 Å². The number of nitrogens with zero attached hydrogens (tertiary/aromatic N) is 5. The first-order valence-corrected chi connectivity index (χ1v) is 8.75. The van der Waals surface area contributed by atoms with Gasteiger partial charge < -0.3 is 9.80 Å². The highest BCUT2D eigenvalue weighted by Crippen LogP contribution is 2.27. The predicted molar refractivity (Wildman–Crippen MR) is 98.5 cm³/mol. The Hall–Kier alpha value is -1.60. The molecular formula is C16H28ClN5O2. The van der Waals surface area contributed by atoms with E-state index in [2.05, 4.69) is 19.7 Å². The molecule has 24 heavy (non-hydrogen) atoms. The van der Waals surface area contributed by atoms with Gasteiger partial charge in [0.05, 0.1) is 18.1 Å². The van der Waals surface area contributed by atoms with Gasteiger partial charge in [0.1, 0.15) is 5.17 Å². The van der Waals surface area contributed by atoms with Crippen LogP contribution < -0.4 is 0 Å². The molecule has 2 aliphatic rings. The number of hydrogen-bond donors (Lipinski definition) is 0. The SMILES string of the molecule is CC.CCN1CC([N+](=O)[O-])=C2N(C/C(C)=C/N=C(C)Cl)CCN2C1. The first kappa shape index (κ1) is 20.4. The molecule has 0 amide bonds. The normalized spacial score (nSPS) is 19.2. The summed E-state index contributed by atoms with van der Waals surface area (Å²) in [7, 11) is 0. The van der Waals surface area contributed by atoms with E-state index in [1.165, 1.54) is 0 Å². The third-order valence-corrected chi connectivity index (χ3v) is 3.91. The maximum absolute atomic E-state index is 11.4. The minimum Gasteiger partial charge on any atom is -0.347 e. The fourth-order valence-electron chi connectivity index (χ4n) is 2.78. The van der Waals surface area contributed by atoms with Gasteiger partial charge in [-0.15, -0.1) is 0 Å². The van der Waals surface area contributed by atoms with Crippen LogP contribution in [0, 0.1) is 10.1 Å². The van der Waals surface area contributed by atoms with E-state index in [0.29, 0.717) is 18.3 Å². The number of halogens is 1. The fourth-order valence-corrected chi connectivity index (χ4v) is 2.82. The number of aliphatic imine (C=N–C) groups is 1. The molecule has 0 aromatic heterocycles. The molecule has 1 saturated heterocycles. The maximum Gasteiger partial charge on any atom is 0.300 e. The summed E-state index contributed by atoms with van der Waals surface area (Å²) in [5, 5.41) is 11.9. The quantitative estimate of drug-likeness (QED) is 0.430. The number of nitro groups is 1. The fraction of sp³-hybridized carbons (Fsp3) is 0.688. The van der Waals surface area contributed by atoms with Gasteiger partial charge in [-0.05, 0) is 26.0 Å². The van der Waals surface area contributed by atoms with E-state index in [1.54, 1.807) is 13.1 Å². The Balaban J connectivity index is 0.00000139. The van der Waals surface area contributed by atoms with Gasteiger partial charge in [-0.2, -0.15) is 0 Å². The molecule has 0 bridgehead atoms. The summed E-state index contributed by atoms with van der Waals surface area (Å²) >= 11 is 5.73. The zero-order valence-corrected chi connectivity index (χ0v) is 16.0. The van der Waals surface area contributed by atoms with E-state index in [0.717, 1.165) is 37.7 Å². The van der Waals surface area contributed by atoms with Crippen molar-refractivity contribution in [1.82, 2.24) is 14.7 Å². The van der Waals surface area contributed by atoms with Gasteiger partial charge >= 0.3 is 0 Å². The van der Waals surface area contributed by atoms with Crippen LogP contribution in [0.5, 0.6) is 0 Å². The topological polar surface area (TPSA) is 65.2 Å². The van der Waals surface area contributed by atoms with Crippen molar-refractivity contribution >= 4 is 16.8 Å². The summed E-state index contributed by atoms with van der Waals surface area (Å²) in [4.78, 5) is 21.5.